The smallest absolute Gasteiger partial charge is 0.355 e. The molecule has 7 nitrogen and oxygen atoms in total. The van der Waals surface area contributed by atoms with Gasteiger partial charge in [0.15, 0.2) is 17.5 Å². The molecule has 2 saturated carbocycles. The van der Waals surface area contributed by atoms with Crippen LogP contribution in [-0.4, -0.2) is 56.1 Å². The van der Waals surface area contributed by atoms with Crippen LogP contribution in [0.3, 0.4) is 0 Å². The molecule has 8 atom stereocenters. The molecule has 0 aliphatic heterocycles. The molecule has 1 aromatic heterocycles. The summed E-state index contributed by atoms with van der Waals surface area (Å²) < 4.78 is 7.55. The Morgan fingerprint density at radius 3 is 2.56 bits per heavy atom. The molecule has 1 aromatic rings. The fourth-order valence-electron chi connectivity index (χ4n) is 7.69. The summed E-state index contributed by atoms with van der Waals surface area (Å²) in [5.41, 5.74) is -1.63. The SMILES string of the molecule is CC1=C[C@]23C(=O)[C@@H](C=C(CO)[C@@H](O)[C@]2(O)[C@H]1OC(=O)c1cc(C)cn1C)[C@H]1[C@@H](C[C@H]3C)C1(C)C. The number of ketones is 1. The van der Waals surface area contributed by atoms with E-state index in [-0.39, 0.29) is 28.6 Å². The predicted molar refractivity (Wildman–Crippen MR) is 125 cm³/mol. The molecule has 1 spiro atoms. The molecule has 34 heavy (non-hydrogen) atoms. The minimum atomic E-state index is -2.12. The Labute approximate surface area is 200 Å². The molecular formula is C27H35NO6. The molecule has 4 aliphatic carbocycles. The van der Waals surface area contributed by atoms with Crippen LogP contribution < -0.4 is 0 Å². The second-order valence-corrected chi connectivity index (χ2v) is 11.7. The quantitative estimate of drug-likeness (QED) is 0.463. The van der Waals surface area contributed by atoms with E-state index in [0.29, 0.717) is 17.2 Å². The lowest BCUT2D eigenvalue weighted by Crippen LogP contribution is -2.65. The van der Waals surface area contributed by atoms with E-state index in [1.165, 1.54) is 0 Å². The number of aryl methyl sites for hydroxylation is 2. The zero-order chi connectivity index (χ0) is 25.0. The van der Waals surface area contributed by atoms with Gasteiger partial charge in [0, 0.05) is 19.2 Å². The molecule has 2 fully saturated rings. The highest BCUT2D eigenvalue weighted by atomic mass is 16.6. The highest BCUT2D eigenvalue weighted by molar-refractivity contribution is 5.96. The minimum Gasteiger partial charge on any atom is -0.450 e. The maximum absolute atomic E-state index is 14.3. The van der Waals surface area contributed by atoms with Gasteiger partial charge in [0.05, 0.1) is 12.0 Å². The van der Waals surface area contributed by atoms with Crippen LogP contribution in [0.25, 0.3) is 0 Å². The maximum Gasteiger partial charge on any atom is 0.355 e. The molecule has 1 heterocycles. The number of aliphatic hydroxyl groups excluding tert-OH is 2. The Morgan fingerprint density at radius 1 is 1.29 bits per heavy atom. The van der Waals surface area contributed by atoms with E-state index in [9.17, 15) is 24.9 Å². The van der Waals surface area contributed by atoms with Crippen molar-refractivity contribution in [3.63, 3.8) is 0 Å². The number of esters is 1. The largest absolute Gasteiger partial charge is 0.450 e. The molecule has 0 radical (unpaired) electrons. The molecule has 2 bridgehead atoms. The second kappa shape index (κ2) is 7.15. The van der Waals surface area contributed by atoms with Gasteiger partial charge in [-0.05, 0) is 66.2 Å². The third-order valence-corrected chi connectivity index (χ3v) is 9.47. The number of aromatic nitrogens is 1. The summed E-state index contributed by atoms with van der Waals surface area (Å²) in [4.78, 5) is 27.5. The predicted octanol–water partition coefficient (Wildman–Crippen LogP) is 2.33. The fourth-order valence-corrected chi connectivity index (χ4v) is 7.69. The molecule has 0 unspecified atom stereocenters. The number of carbonyl (C=O) groups excluding carboxylic acids is 2. The number of aliphatic hydroxyl groups is 3. The van der Waals surface area contributed by atoms with E-state index in [0.717, 1.165) is 12.0 Å². The van der Waals surface area contributed by atoms with Crippen LogP contribution in [0.15, 0.2) is 35.6 Å². The van der Waals surface area contributed by atoms with Gasteiger partial charge < -0.3 is 24.6 Å². The number of allylic oxidation sites excluding steroid dienone is 1. The van der Waals surface area contributed by atoms with Crippen molar-refractivity contribution in [2.45, 2.75) is 58.8 Å². The van der Waals surface area contributed by atoms with E-state index in [4.69, 9.17) is 4.74 Å². The summed E-state index contributed by atoms with van der Waals surface area (Å²) >= 11 is 0. The number of nitrogens with zero attached hydrogens (tertiary/aromatic N) is 1. The van der Waals surface area contributed by atoms with Crippen LogP contribution in [-0.2, 0) is 16.6 Å². The lowest BCUT2D eigenvalue weighted by Gasteiger charge is -2.48. The molecule has 0 saturated heterocycles. The zero-order valence-electron chi connectivity index (χ0n) is 20.7. The van der Waals surface area contributed by atoms with Crippen LogP contribution in [0, 0.1) is 41.4 Å². The average molecular weight is 470 g/mol. The van der Waals surface area contributed by atoms with E-state index in [2.05, 4.69) is 13.8 Å². The van der Waals surface area contributed by atoms with Gasteiger partial charge in [-0.3, -0.25) is 4.79 Å². The Bertz CT molecular complexity index is 1140. The Kier molecular flexibility index (Phi) is 4.95. The van der Waals surface area contributed by atoms with Gasteiger partial charge in [-0.1, -0.05) is 32.9 Å². The molecule has 7 heteroatoms. The van der Waals surface area contributed by atoms with E-state index in [1.54, 1.807) is 43.0 Å². The van der Waals surface area contributed by atoms with Crippen molar-refractivity contribution < 1.29 is 29.6 Å². The molecule has 5 rings (SSSR count). The zero-order valence-corrected chi connectivity index (χ0v) is 20.7. The van der Waals surface area contributed by atoms with Crippen molar-refractivity contribution >= 4 is 11.8 Å². The van der Waals surface area contributed by atoms with Gasteiger partial charge in [0.1, 0.15) is 11.8 Å². The first kappa shape index (κ1) is 23.5. The first-order valence-electron chi connectivity index (χ1n) is 12.1. The van der Waals surface area contributed by atoms with Crippen molar-refractivity contribution in [3.05, 3.63) is 46.8 Å². The Hall–Kier alpha value is -2.22. The summed E-state index contributed by atoms with van der Waals surface area (Å²) in [6.45, 7) is 9.36. The van der Waals surface area contributed by atoms with Gasteiger partial charge in [0.25, 0.3) is 0 Å². The van der Waals surface area contributed by atoms with Gasteiger partial charge >= 0.3 is 5.97 Å². The minimum absolute atomic E-state index is 0.0334. The fraction of sp³-hybridized carbons (Fsp3) is 0.630. The Morgan fingerprint density at radius 2 is 1.97 bits per heavy atom. The summed E-state index contributed by atoms with van der Waals surface area (Å²) in [5, 5.41) is 34.1. The summed E-state index contributed by atoms with van der Waals surface area (Å²) in [6, 6.07) is 1.70. The number of Topliss-reactive ketones (excluding diaryl/α,β-unsaturated/α-hetero) is 1. The number of carbonyl (C=O) groups is 2. The number of hydrogen-bond donors (Lipinski definition) is 3. The van der Waals surface area contributed by atoms with Crippen LogP contribution in [0.5, 0.6) is 0 Å². The van der Waals surface area contributed by atoms with Crippen LogP contribution >= 0.6 is 0 Å². The molecule has 3 N–H and O–H groups in total. The van der Waals surface area contributed by atoms with E-state index < -0.39 is 41.7 Å². The third kappa shape index (κ3) is 2.69. The third-order valence-electron chi connectivity index (χ3n) is 9.47. The topological polar surface area (TPSA) is 109 Å². The average Bonchev–Trinajstić information content (AvgIpc) is 3.04. The normalized spacial score (nSPS) is 42.1. The number of rotatable bonds is 3. The van der Waals surface area contributed by atoms with Crippen molar-refractivity contribution in [3.8, 4) is 0 Å². The van der Waals surface area contributed by atoms with Crippen molar-refractivity contribution in [1.82, 2.24) is 4.57 Å². The van der Waals surface area contributed by atoms with E-state index >= 15 is 0 Å². The standard InChI is InChI=1S/C27H35NO6/c1-13-7-19(28(6)11-13)24(32)34-23-14(2)10-26-15(3)8-18-20(25(18,4)5)17(22(26)31)9-16(12-29)21(30)27(23,26)33/h7,9-11,15,17-18,20-21,23,29-30,33H,8,12H2,1-6H3/t15-,17+,18-,20+,21-,23+,26+,27+/m1/s1. The highest BCUT2D eigenvalue weighted by Gasteiger charge is 2.76. The van der Waals surface area contributed by atoms with E-state index in [1.807, 2.05) is 13.8 Å². The highest BCUT2D eigenvalue weighted by Crippen LogP contribution is 2.71. The van der Waals surface area contributed by atoms with Gasteiger partial charge in [-0.2, -0.15) is 0 Å². The van der Waals surface area contributed by atoms with Gasteiger partial charge in [-0.15, -0.1) is 0 Å². The maximum atomic E-state index is 14.3. The second-order valence-electron chi connectivity index (χ2n) is 11.7. The van der Waals surface area contributed by atoms with Crippen LogP contribution in [0.2, 0.25) is 0 Å². The molecule has 184 valence electrons. The van der Waals surface area contributed by atoms with Crippen LogP contribution in [0.4, 0.5) is 0 Å². The number of fused-ring (bicyclic) bond motifs is 3. The molecular weight excluding hydrogens is 434 g/mol. The molecule has 4 aliphatic rings. The van der Waals surface area contributed by atoms with Crippen molar-refractivity contribution in [1.29, 1.82) is 0 Å². The summed E-state index contributed by atoms with van der Waals surface area (Å²) in [6.07, 6.45) is 3.15. The van der Waals surface area contributed by atoms with Crippen molar-refractivity contribution in [2.24, 2.45) is 41.5 Å². The van der Waals surface area contributed by atoms with Crippen LogP contribution in [0.1, 0.15) is 50.2 Å². The monoisotopic (exact) mass is 469 g/mol. The van der Waals surface area contributed by atoms with Gasteiger partial charge in [0.2, 0.25) is 0 Å². The number of ether oxygens (including phenoxy) is 1. The van der Waals surface area contributed by atoms with Crippen molar-refractivity contribution in [2.75, 3.05) is 6.61 Å². The summed E-state index contributed by atoms with van der Waals surface area (Å²) in [7, 11) is 1.74. The Balaban J connectivity index is 1.64. The lowest BCUT2D eigenvalue weighted by atomic mass is 9.59. The first-order chi connectivity index (χ1) is 15.8. The number of hydrogen-bond acceptors (Lipinski definition) is 6. The van der Waals surface area contributed by atoms with Gasteiger partial charge in [-0.25, -0.2) is 4.79 Å². The molecule has 0 amide bonds. The molecule has 0 aromatic carbocycles. The summed E-state index contributed by atoms with van der Waals surface area (Å²) in [5.74, 6) is -1.23. The lowest BCUT2D eigenvalue weighted by molar-refractivity contribution is -0.190. The first-order valence-corrected chi connectivity index (χ1v) is 12.1.